The molecule has 0 amide bonds. The van der Waals surface area contributed by atoms with Crippen molar-refractivity contribution in [2.75, 3.05) is 31.2 Å². The molecule has 1 aliphatic rings. The highest BCUT2D eigenvalue weighted by Crippen LogP contribution is 2.33. The molecular weight excluding hydrogens is 449 g/mol. The first-order valence-corrected chi connectivity index (χ1v) is 10.7. The smallest absolute Gasteiger partial charge is 0.394 e. The van der Waals surface area contributed by atoms with Crippen molar-refractivity contribution in [3.63, 3.8) is 0 Å². The van der Waals surface area contributed by atoms with E-state index in [9.17, 15) is 23.1 Å². The van der Waals surface area contributed by atoms with Gasteiger partial charge in [0.2, 0.25) is 0 Å². The average Bonchev–Trinajstić information content (AvgIpc) is 3.50. The number of carbonyl (C=O) groups excluding carboxylic acids is 1. The van der Waals surface area contributed by atoms with E-state index >= 15 is 0 Å². The summed E-state index contributed by atoms with van der Waals surface area (Å²) in [6.07, 6.45) is -3.48. The maximum Gasteiger partial charge on any atom is 0.417 e. The highest BCUT2D eigenvalue weighted by atomic mass is 19.4. The summed E-state index contributed by atoms with van der Waals surface area (Å²) >= 11 is 0. The van der Waals surface area contributed by atoms with Crippen LogP contribution < -0.4 is 4.90 Å². The fourth-order valence-corrected chi connectivity index (χ4v) is 4.13. The van der Waals surface area contributed by atoms with Crippen molar-refractivity contribution in [3.05, 3.63) is 71.4 Å². The number of hydrogen-bond acceptors (Lipinski definition) is 5. The fraction of sp³-hybridized carbons (Fsp3) is 0.250. The van der Waals surface area contributed by atoms with Crippen molar-refractivity contribution in [3.8, 4) is 11.5 Å². The number of ether oxygens (including phenoxy) is 1. The number of carbonyl (C=O) groups is 1. The monoisotopic (exact) mass is 470 g/mol. The van der Waals surface area contributed by atoms with E-state index in [0.29, 0.717) is 36.7 Å². The highest BCUT2D eigenvalue weighted by Gasteiger charge is 2.35. The van der Waals surface area contributed by atoms with Crippen LogP contribution in [0.2, 0.25) is 0 Å². The van der Waals surface area contributed by atoms with E-state index in [2.05, 4.69) is 19.9 Å². The summed E-state index contributed by atoms with van der Waals surface area (Å²) < 4.78 is 45.5. The van der Waals surface area contributed by atoms with E-state index in [1.54, 1.807) is 0 Å². The molecule has 1 atom stereocenters. The van der Waals surface area contributed by atoms with Crippen LogP contribution in [0.4, 0.5) is 18.9 Å². The van der Waals surface area contributed by atoms with E-state index in [4.69, 9.17) is 4.74 Å². The lowest BCUT2D eigenvalue weighted by Gasteiger charge is -2.33. The number of benzene rings is 2. The zero-order valence-corrected chi connectivity index (χ0v) is 17.9. The molecule has 0 saturated carbocycles. The van der Waals surface area contributed by atoms with Gasteiger partial charge >= 0.3 is 6.18 Å². The van der Waals surface area contributed by atoms with E-state index in [-0.39, 0.29) is 18.3 Å². The van der Waals surface area contributed by atoms with E-state index in [0.717, 1.165) is 17.3 Å². The number of halogens is 3. The standard InChI is InChI=1S/C24H21F3N4O3/c25-24(26,27)18-4-2-1-3-17(18)22(33)14-9-21(28-11-14)23-29-19-6-5-15(10-20(19)30-23)31-7-8-34-16(12-31)13-32/h1-6,9-11,16,28,32H,7-8,12-13H2,(H,29,30)/t16-/m1/s1. The maximum absolute atomic E-state index is 13.3. The number of morpholine rings is 1. The first kappa shape index (κ1) is 22.2. The lowest BCUT2D eigenvalue weighted by atomic mass is 9.99. The molecule has 0 spiro atoms. The number of rotatable bonds is 5. The molecule has 0 unspecified atom stereocenters. The van der Waals surface area contributed by atoms with Gasteiger partial charge in [-0.3, -0.25) is 4.79 Å². The second-order valence-electron chi connectivity index (χ2n) is 8.08. The van der Waals surface area contributed by atoms with Crippen LogP contribution in [0.1, 0.15) is 21.5 Å². The van der Waals surface area contributed by atoms with E-state index < -0.39 is 23.1 Å². The molecule has 1 fully saturated rings. The number of aromatic amines is 2. The minimum atomic E-state index is -4.63. The van der Waals surface area contributed by atoms with Gasteiger partial charge in [-0.05, 0) is 30.3 Å². The summed E-state index contributed by atoms with van der Waals surface area (Å²) in [4.78, 5) is 25.6. The van der Waals surface area contributed by atoms with Crippen LogP contribution in [0.5, 0.6) is 0 Å². The minimum Gasteiger partial charge on any atom is -0.394 e. The molecule has 3 N–H and O–H groups in total. The van der Waals surface area contributed by atoms with Gasteiger partial charge in [-0.15, -0.1) is 0 Å². The lowest BCUT2D eigenvalue weighted by molar-refractivity contribution is -0.137. The minimum absolute atomic E-state index is 0.0473. The molecule has 2 aromatic carbocycles. The van der Waals surface area contributed by atoms with Gasteiger partial charge in [0.05, 0.1) is 41.6 Å². The Kier molecular flexibility index (Phi) is 5.62. The van der Waals surface area contributed by atoms with Crippen LogP contribution in [0, 0.1) is 0 Å². The SMILES string of the molecule is O=C(c1c[nH]c(-c2nc3ccc(N4CCO[C@@H](CO)C4)cc3[nH]2)c1)c1ccccc1C(F)(F)F. The number of nitrogens with zero attached hydrogens (tertiary/aromatic N) is 2. The third-order valence-electron chi connectivity index (χ3n) is 5.85. The molecule has 5 rings (SSSR count). The summed E-state index contributed by atoms with van der Waals surface area (Å²) in [5.74, 6) is -0.259. The van der Waals surface area contributed by atoms with Gasteiger partial charge in [0.25, 0.3) is 0 Å². The molecule has 3 heterocycles. The molecule has 1 saturated heterocycles. The topological polar surface area (TPSA) is 94.2 Å². The number of imidazole rings is 1. The Hall–Kier alpha value is -3.63. The summed E-state index contributed by atoms with van der Waals surface area (Å²) in [5, 5.41) is 9.37. The second kappa shape index (κ2) is 8.62. The van der Waals surface area contributed by atoms with Gasteiger partial charge in [0.1, 0.15) is 0 Å². The number of fused-ring (bicyclic) bond motifs is 1. The van der Waals surface area contributed by atoms with Gasteiger partial charge in [-0.2, -0.15) is 13.2 Å². The summed E-state index contributed by atoms with van der Waals surface area (Å²) in [5.41, 5.74) is 1.65. The molecule has 4 aromatic rings. The number of aromatic nitrogens is 3. The van der Waals surface area contributed by atoms with Gasteiger partial charge in [0.15, 0.2) is 11.6 Å². The normalized spacial score (nSPS) is 16.8. The van der Waals surface area contributed by atoms with Crippen molar-refractivity contribution in [2.24, 2.45) is 0 Å². The zero-order chi connectivity index (χ0) is 23.9. The zero-order valence-electron chi connectivity index (χ0n) is 17.9. The molecule has 2 aromatic heterocycles. The summed E-state index contributed by atoms with van der Waals surface area (Å²) in [6.45, 7) is 1.75. The van der Waals surface area contributed by atoms with Crippen molar-refractivity contribution >= 4 is 22.5 Å². The molecule has 34 heavy (non-hydrogen) atoms. The number of alkyl halides is 3. The lowest BCUT2D eigenvalue weighted by Crippen LogP contribution is -2.44. The molecule has 10 heteroatoms. The van der Waals surface area contributed by atoms with Gasteiger partial charge < -0.3 is 24.7 Å². The second-order valence-corrected chi connectivity index (χ2v) is 8.08. The van der Waals surface area contributed by atoms with Crippen molar-refractivity contribution in [1.29, 1.82) is 0 Å². The molecule has 0 bridgehead atoms. The highest BCUT2D eigenvalue weighted by molar-refractivity contribution is 6.10. The largest absolute Gasteiger partial charge is 0.417 e. The first-order valence-electron chi connectivity index (χ1n) is 10.7. The van der Waals surface area contributed by atoms with Crippen molar-refractivity contribution in [2.45, 2.75) is 12.3 Å². The Balaban J connectivity index is 1.42. The van der Waals surface area contributed by atoms with E-state index in [1.165, 1.54) is 30.5 Å². The summed E-state index contributed by atoms with van der Waals surface area (Å²) in [7, 11) is 0. The molecule has 176 valence electrons. The third-order valence-corrected chi connectivity index (χ3v) is 5.85. The van der Waals surface area contributed by atoms with Crippen LogP contribution in [0.3, 0.4) is 0 Å². The van der Waals surface area contributed by atoms with Crippen LogP contribution in [0.25, 0.3) is 22.6 Å². The van der Waals surface area contributed by atoms with E-state index in [1.807, 2.05) is 18.2 Å². The van der Waals surface area contributed by atoms with Crippen LogP contribution in [-0.4, -0.2) is 58.2 Å². The van der Waals surface area contributed by atoms with Crippen LogP contribution in [-0.2, 0) is 10.9 Å². The number of aliphatic hydroxyl groups excluding tert-OH is 1. The van der Waals surface area contributed by atoms with Crippen LogP contribution in [0.15, 0.2) is 54.7 Å². The predicted octanol–water partition coefficient (Wildman–Crippen LogP) is 4.01. The average molecular weight is 470 g/mol. The van der Waals surface area contributed by atoms with Crippen LogP contribution >= 0.6 is 0 Å². The maximum atomic E-state index is 13.3. The molecule has 0 radical (unpaired) electrons. The van der Waals surface area contributed by atoms with Gasteiger partial charge in [-0.25, -0.2) is 4.98 Å². The Bertz CT molecular complexity index is 1340. The Labute approximate surface area is 192 Å². The Morgan fingerprint density at radius 3 is 2.82 bits per heavy atom. The third kappa shape index (κ3) is 4.17. The Morgan fingerprint density at radius 2 is 2.03 bits per heavy atom. The number of aliphatic hydroxyl groups is 1. The van der Waals surface area contributed by atoms with Crippen molar-refractivity contribution < 1.29 is 27.8 Å². The number of hydrogen-bond donors (Lipinski definition) is 3. The number of ketones is 1. The predicted molar refractivity (Wildman–Crippen MR) is 120 cm³/mol. The van der Waals surface area contributed by atoms with Gasteiger partial charge in [0, 0.05) is 36.1 Å². The quantitative estimate of drug-likeness (QED) is 0.384. The number of H-pyrrole nitrogens is 2. The Morgan fingerprint density at radius 1 is 1.21 bits per heavy atom. The number of anilines is 1. The fourth-order valence-electron chi connectivity index (χ4n) is 4.13. The number of nitrogens with one attached hydrogen (secondary N) is 2. The molecule has 1 aliphatic heterocycles. The summed E-state index contributed by atoms with van der Waals surface area (Å²) in [6, 6.07) is 12.0. The molecular formula is C24H21F3N4O3. The first-order chi connectivity index (χ1) is 16.3. The molecule has 0 aliphatic carbocycles. The molecule has 7 nitrogen and oxygen atoms in total. The van der Waals surface area contributed by atoms with Gasteiger partial charge in [-0.1, -0.05) is 18.2 Å². The van der Waals surface area contributed by atoms with Crippen molar-refractivity contribution in [1.82, 2.24) is 15.0 Å².